The Balaban J connectivity index is 1.77. The summed E-state index contributed by atoms with van der Waals surface area (Å²) in [5.41, 5.74) is 2.00. The lowest BCUT2D eigenvalue weighted by atomic mass is 10.2. The first-order valence-corrected chi connectivity index (χ1v) is 12.6. The van der Waals surface area contributed by atoms with Crippen molar-refractivity contribution in [3.63, 3.8) is 0 Å². The third-order valence-corrected chi connectivity index (χ3v) is 7.16. The fraction of sp³-hybridized carbons (Fsp3) is 0.200. The summed E-state index contributed by atoms with van der Waals surface area (Å²) in [4.78, 5) is 26.2. The molecule has 0 radical (unpaired) electrons. The summed E-state index contributed by atoms with van der Waals surface area (Å²) in [5, 5.41) is -0.194. The van der Waals surface area contributed by atoms with E-state index in [2.05, 4.69) is 92.0 Å². The highest BCUT2D eigenvalue weighted by Crippen LogP contribution is 2.35. The van der Waals surface area contributed by atoms with Gasteiger partial charge in [-0.05, 0) is 127 Å². The highest BCUT2D eigenvalue weighted by Gasteiger charge is 2.34. The monoisotopic (exact) mass is 731 g/mol. The van der Waals surface area contributed by atoms with Crippen molar-refractivity contribution in [3.8, 4) is 5.75 Å². The van der Waals surface area contributed by atoms with Crippen molar-refractivity contribution in [1.29, 1.82) is 0 Å². The van der Waals surface area contributed by atoms with Gasteiger partial charge in [0.15, 0.2) is 0 Å². The Labute approximate surface area is 209 Å². The van der Waals surface area contributed by atoms with E-state index >= 15 is 0 Å². The van der Waals surface area contributed by atoms with Crippen molar-refractivity contribution in [2.75, 3.05) is 6.54 Å². The van der Waals surface area contributed by atoms with E-state index in [1.165, 1.54) is 8.47 Å². The smallest absolute Gasteiger partial charge is 0.293 e. The highest BCUT2D eigenvalue weighted by atomic mass is 127. The summed E-state index contributed by atoms with van der Waals surface area (Å²) in [6, 6.07) is 12.2. The molecule has 2 amide bonds. The molecule has 0 aliphatic carbocycles. The first kappa shape index (κ1) is 22.3. The molecule has 8 heteroatoms. The topological polar surface area (TPSA) is 46.6 Å². The SMILES string of the molecule is CCCN1C(=O)S/C(=C/c2cc(I)c(OCc3ccc(I)cc3)c(I)c2)C1=O. The lowest BCUT2D eigenvalue weighted by Gasteiger charge is -2.12. The molecule has 1 aliphatic heterocycles. The molecule has 4 nitrogen and oxygen atoms in total. The second-order valence-electron chi connectivity index (χ2n) is 6.06. The normalized spacial score (nSPS) is 15.6. The van der Waals surface area contributed by atoms with Crippen molar-refractivity contribution < 1.29 is 14.3 Å². The van der Waals surface area contributed by atoms with Gasteiger partial charge in [-0.25, -0.2) is 0 Å². The molecule has 0 aromatic heterocycles. The van der Waals surface area contributed by atoms with Crippen LogP contribution in [0.5, 0.6) is 5.75 Å². The molecular formula is C20H16I3NO3S. The molecule has 2 aromatic carbocycles. The predicted octanol–water partition coefficient (Wildman–Crippen LogP) is 6.53. The quantitative estimate of drug-likeness (QED) is 0.251. The van der Waals surface area contributed by atoms with Crippen molar-refractivity contribution >= 4 is 96.8 Å². The zero-order chi connectivity index (χ0) is 20.3. The molecule has 0 spiro atoms. The molecule has 3 rings (SSSR count). The number of hydrogen-bond donors (Lipinski definition) is 0. The number of halogens is 3. The van der Waals surface area contributed by atoms with E-state index in [1.807, 2.05) is 19.1 Å². The number of amides is 2. The van der Waals surface area contributed by atoms with E-state index in [4.69, 9.17) is 4.74 Å². The lowest BCUT2D eigenvalue weighted by Crippen LogP contribution is -2.28. The van der Waals surface area contributed by atoms with Gasteiger partial charge in [-0.2, -0.15) is 0 Å². The van der Waals surface area contributed by atoms with Crippen molar-refractivity contribution in [1.82, 2.24) is 4.90 Å². The van der Waals surface area contributed by atoms with Crippen LogP contribution in [0.4, 0.5) is 4.79 Å². The summed E-state index contributed by atoms with van der Waals surface area (Å²) < 4.78 is 9.16. The molecular weight excluding hydrogens is 715 g/mol. The van der Waals surface area contributed by atoms with Crippen LogP contribution in [0, 0.1) is 10.7 Å². The number of benzene rings is 2. The average molecular weight is 731 g/mol. The zero-order valence-corrected chi connectivity index (χ0v) is 22.2. The summed E-state index contributed by atoms with van der Waals surface area (Å²) in [6.07, 6.45) is 2.54. The Morgan fingerprint density at radius 3 is 2.32 bits per heavy atom. The molecule has 0 atom stereocenters. The Hall–Kier alpha value is -0.340. The van der Waals surface area contributed by atoms with Gasteiger partial charge in [0, 0.05) is 10.1 Å². The third kappa shape index (κ3) is 5.42. The molecule has 0 N–H and O–H groups in total. The number of imide groups is 1. The fourth-order valence-electron chi connectivity index (χ4n) is 2.60. The van der Waals surface area contributed by atoms with Crippen LogP contribution in [-0.4, -0.2) is 22.6 Å². The Morgan fingerprint density at radius 1 is 1.07 bits per heavy atom. The van der Waals surface area contributed by atoms with Gasteiger partial charge in [0.1, 0.15) is 12.4 Å². The summed E-state index contributed by atoms with van der Waals surface area (Å²) in [7, 11) is 0. The van der Waals surface area contributed by atoms with Crippen LogP contribution in [-0.2, 0) is 11.4 Å². The minimum Gasteiger partial charge on any atom is -0.487 e. The van der Waals surface area contributed by atoms with Gasteiger partial charge in [0.05, 0.1) is 12.0 Å². The maximum atomic E-state index is 12.4. The molecule has 1 heterocycles. The number of hydrogen-bond acceptors (Lipinski definition) is 4. The highest BCUT2D eigenvalue weighted by molar-refractivity contribution is 14.1. The summed E-state index contributed by atoms with van der Waals surface area (Å²) in [6.45, 7) is 2.91. The van der Waals surface area contributed by atoms with Crippen LogP contribution >= 0.6 is 79.5 Å². The van der Waals surface area contributed by atoms with Gasteiger partial charge in [-0.3, -0.25) is 14.5 Å². The largest absolute Gasteiger partial charge is 0.487 e. The maximum absolute atomic E-state index is 12.4. The van der Waals surface area contributed by atoms with Crippen LogP contribution < -0.4 is 4.74 Å². The number of thioether (sulfide) groups is 1. The van der Waals surface area contributed by atoms with E-state index in [1.54, 1.807) is 6.08 Å². The molecule has 2 aromatic rings. The van der Waals surface area contributed by atoms with E-state index in [0.717, 1.165) is 42.2 Å². The Morgan fingerprint density at radius 2 is 1.71 bits per heavy atom. The molecule has 0 saturated carbocycles. The van der Waals surface area contributed by atoms with Crippen LogP contribution in [0.15, 0.2) is 41.3 Å². The number of rotatable bonds is 6. The summed E-state index contributed by atoms with van der Waals surface area (Å²) >= 11 is 7.77. The number of nitrogens with zero attached hydrogens (tertiary/aromatic N) is 1. The third-order valence-electron chi connectivity index (χ3n) is 3.94. The van der Waals surface area contributed by atoms with Gasteiger partial charge in [0.25, 0.3) is 11.1 Å². The molecule has 28 heavy (non-hydrogen) atoms. The van der Waals surface area contributed by atoms with E-state index < -0.39 is 0 Å². The number of carbonyl (C=O) groups excluding carboxylic acids is 2. The predicted molar refractivity (Wildman–Crippen MR) is 138 cm³/mol. The van der Waals surface area contributed by atoms with Gasteiger partial charge in [-0.15, -0.1) is 0 Å². The van der Waals surface area contributed by atoms with Gasteiger partial charge in [-0.1, -0.05) is 19.1 Å². The number of carbonyl (C=O) groups is 2. The van der Waals surface area contributed by atoms with Crippen LogP contribution in [0.2, 0.25) is 0 Å². The van der Waals surface area contributed by atoms with Gasteiger partial charge in [0.2, 0.25) is 0 Å². The Kier molecular flexibility index (Phi) is 8.07. The van der Waals surface area contributed by atoms with Crippen molar-refractivity contribution in [2.24, 2.45) is 0 Å². The first-order chi connectivity index (χ1) is 13.4. The lowest BCUT2D eigenvalue weighted by molar-refractivity contribution is -0.122. The van der Waals surface area contributed by atoms with Crippen LogP contribution in [0.25, 0.3) is 6.08 Å². The number of ether oxygens (including phenoxy) is 1. The molecule has 0 unspecified atom stereocenters. The van der Waals surface area contributed by atoms with E-state index in [0.29, 0.717) is 18.1 Å². The molecule has 1 fully saturated rings. The van der Waals surface area contributed by atoms with Crippen molar-refractivity contribution in [3.05, 3.63) is 63.1 Å². The molecule has 146 valence electrons. The fourth-order valence-corrected chi connectivity index (χ4v) is 5.96. The van der Waals surface area contributed by atoms with Gasteiger partial charge < -0.3 is 4.74 Å². The zero-order valence-electron chi connectivity index (χ0n) is 14.9. The van der Waals surface area contributed by atoms with Crippen LogP contribution in [0.3, 0.4) is 0 Å². The minimum absolute atomic E-state index is 0.194. The minimum atomic E-state index is -0.207. The van der Waals surface area contributed by atoms with E-state index in [-0.39, 0.29) is 11.1 Å². The molecule has 1 aliphatic rings. The maximum Gasteiger partial charge on any atom is 0.293 e. The second kappa shape index (κ2) is 10.1. The Bertz CT molecular complexity index is 921. The molecule has 0 bridgehead atoms. The summed E-state index contributed by atoms with van der Waals surface area (Å²) in [5.74, 6) is 0.622. The second-order valence-corrected chi connectivity index (χ2v) is 10.6. The van der Waals surface area contributed by atoms with Crippen LogP contribution in [0.1, 0.15) is 24.5 Å². The first-order valence-electron chi connectivity index (χ1n) is 8.50. The van der Waals surface area contributed by atoms with Crippen molar-refractivity contribution in [2.45, 2.75) is 20.0 Å². The molecule has 1 saturated heterocycles. The van der Waals surface area contributed by atoms with Gasteiger partial charge >= 0.3 is 0 Å². The van der Waals surface area contributed by atoms with E-state index in [9.17, 15) is 9.59 Å². The standard InChI is InChI=1S/C20H16I3NO3S/c1-2-7-24-19(25)17(28-20(24)26)10-13-8-15(22)18(16(23)9-13)27-11-12-3-5-14(21)6-4-12/h3-6,8-10H,2,7,11H2,1H3/b17-10+. The average Bonchev–Trinajstić information content (AvgIpc) is 2.90.